The maximum atomic E-state index is 12.6. The summed E-state index contributed by atoms with van der Waals surface area (Å²) in [6.45, 7) is 5.43. The van der Waals surface area contributed by atoms with Crippen LogP contribution in [0.3, 0.4) is 0 Å². The van der Waals surface area contributed by atoms with Crippen LogP contribution in [0.4, 0.5) is 5.69 Å². The third-order valence-electron chi connectivity index (χ3n) is 3.75. The number of amides is 1. The summed E-state index contributed by atoms with van der Waals surface area (Å²) in [6.07, 6.45) is 0. The van der Waals surface area contributed by atoms with Gasteiger partial charge in [-0.3, -0.25) is 4.79 Å². The standard InChI is InChI=1S/C19H24N2O5S/c1-5-26-16-8-6-14(7-9-16)20-18(22)19(2,3)21-27(23,24)17-12-10-15(25-4)11-13-17/h6-13,21H,5H2,1-4H3,(H,20,22). The van der Waals surface area contributed by atoms with Gasteiger partial charge in [0.1, 0.15) is 17.0 Å². The van der Waals surface area contributed by atoms with Crippen LogP contribution in [-0.4, -0.2) is 33.6 Å². The molecule has 2 aromatic carbocycles. The molecule has 2 N–H and O–H groups in total. The van der Waals surface area contributed by atoms with Gasteiger partial charge in [-0.1, -0.05) is 0 Å². The molecule has 8 heteroatoms. The zero-order chi connectivity index (χ0) is 20.1. The van der Waals surface area contributed by atoms with Crippen molar-refractivity contribution in [3.05, 3.63) is 48.5 Å². The number of benzene rings is 2. The number of methoxy groups -OCH3 is 1. The van der Waals surface area contributed by atoms with Crippen molar-refractivity contribution in [3.8, 4) is 11.5 Å². The Balaban J connectivity index is 2.10. The first-order chi connectivity index (χ1) is 12.7. The molecule has 0 fully saturated rings. The second kappa shape index (κ2) is 8.41. The first kappa shape index (κ1) is 20.7. The van der Waals surface area contributed by atoms with Crippen LogP contribution in [0.1, 0.15) is 20.8 Å². The number of rotatable bonds is 8. The van der Waals surface area contributed by atoms with Crippen molar-refractivity contribution in [1.82, 2.24) is 4.72 Å². The smallest absolute Gasteiger partial charge is 0.245 e. The van der Waals surface area contributed by atoms with Gasteiger partial charge in [0.15, 0.2) is 0 Å². The Hall–Kier alpha value is -2.58. The molecule has 0 radical (unpaired) electrons. The van der Waals surface area contributed by atoms with E-state index in [1.807, 2.05) is 6.92 Å². The highest BCUT2D eigenvalue weighted by molar-refractivity contribution is 7.89. The minimum atomic E-state index is -3.88. The SMILES string of the molecule is CCOc1ccc(NC(=O)C(C)(C)NS(=O)(=O)c2ccc(OC)cc2)cc1. The molecule has 0 aliphatic rings. The molecule has 2 rings (SSSR count). The summed E-state index contributed by atoms with van der Waals surface area (Å²) in [4.78, 5) is 12.6. The van der Waals surface area contributed by atoms with Crippen molar-refractivity contribution in [1.29, 1.82) is 0 Å². The van der Waals surface area contributed by atoms with Crippen LogP contribution in [0, 0.1) is 0 Å². The highest BCUT2D eigenvalue weighted by Gasteiger charge is 2.33. The summed E-state index contributed by atoms with van der Waals surface area (Å²) in [7, 11) is -2.38. The molecule has 0 aromatic heterocycles. The molecule has 0 spiro atoms. The summed E-state index contributed by atoms with van der Waals surface area (Å²) < 4.78 is 38.0. The van der Waals surface area contributed by atoms with Crippen molar-refractivity contribution in [2.75, 3.05) is 19.0 Å². The van der Waals surface area contributed by atoms with Gasteiger partial charge in [-0.15, -0.1) is 0 Å². The highest BCUT2D eigenvalue weighted by Crippen LogP contribution is 2.20. The minimum Gasteiger partial charge on any atom is -0.497 e. The molecule has 7 nitrogen and oxygen atoms in total. The van der Waals surface area contributed by atoms with Crippen molar-refractivity contribution >= 4 is 21.6 Å². The van der Waals surface area contributed by atoms with E-state index in [2.05, 4.69) is 10.0 Å². The molecule has 27 heavy (non-hydrogen) atoms. The van der Waals surface area contributed by atoms with E-state index in [0.29, 0.717) is 23.8 Å². The van der Waals surface area contributed by atoms with Crippen LogP contribution in [0.25, 0.3) is 0 Å². The Morgan fingerprint density at radius 3 is 2.07 bits per heavy atom. The first-order valence-corrected chi connectivity index (χ1v) is 9.88. The molecule has 0 saturated carbocycles. The predicted octanol–water partition coefficient (Wildman–Crippen LogP) is 2.79. The fourth-order valence-corrected chi connectivity index (χ4v) is 3.66. The van der Waals surface area contributed by atoms with Gasteiger partial charge in [-0.25, -0.2) is 8.42 Å². The molecule has 146 valence electrons. The fraction of sp³-hybridized carbons (Fsp3) is 0.316. The van der Waals surface area contributed by atoms with Crippen LogP contribution >= 0.6 is 0 Å². The predicted molar refractivity (Wildman–Crippen MR) is 104 cm³/mol. The maximum absolute atomic E-state index is 12.6. The van der Waals surface area contributed by atoms with Gasteiger partial charge in [0.2, 0.25) is 15.9 Å². The van der Waals surface area contributed by atoms with E-state index >= 15 is 0 Å². The van der Waals surface area contributed by atoms with Gasteiger partial charge in [0, 0.05) is 5.69 Å². The van der Waals surface area contributed by atoms with E-state index in [9.17, 15) is 13.2 Å². The Bertz CT molecular complexity index is 875. The summed E-state index contributed by atoms with van der Waals surface area (Å²) in [5, 5.41) is 2.70. The third-order valence-corrected chi connectivity index (χ3v) is 5.42. The van der Waals surface area contributed by atoms with E-state index < -0.39 is 21.5 Å². The number of hydrogen-bond acceptors (Lipinski definition) is 5. The molecule has 2 aromatic rings. The molecule has 1 amide bonds. The molecule has 0 saturated heterocycles. The molecule has 0 unspecified atom stereocenters. The van der Waals surface area contributed by atoms with Gasteiger partial charge >= 0.3 is 0 Å². The Morgan fingerprint density at radius 2 is 1.56 bits per heavy atom. The molecule has 0 bridgehead atoms. The van der Waals surface area contributed by atoms with E-state index in [4.69, 9.17) is 9.47 Å². The van der Waals surface area contributed by atoms with Gasteiger partial charge < -0.3 is 14.8 Å². The quantitative estimate of drug-likeness (QED) is 0.720. The van der Waals surface area contributed by atoms with Crippen molar-refractivity contribution in [3.63, 3.8) is 0 Å². The lowest BCUT2D eigenvalue weighted by molar-refractivity contribution is -0.120. The zero-order valence-electron chi connectivity index (χ0n) is 15.8. The van der Waals surface area contributed by atoms with Gasteiger partial charge in [0.25, 0.3) is 0 Å². The summed E-state index contributed by atoms with van der Waals surface area (Å²) >= 11 is 0. The minimum absolute atomic E-state index is 0.0465. The second-order valence-corrected chi connectivity index (χ2v) is 8.00. The van der Waals surface area contributed by atoms with Crippen LogP contribution in [-0.2, 0) is 14.8 Å². The average Bonchev–Trinajstić information content (AvgIpc) is 2.62. The second-order valence-electron chi connectivity index (χ2n) is 6.32. The van der Waals surface area contributed by atoms with E-state index in [1.54, 1.807) is 36.4 Å². The van der Waals surface area contributed by atoms with Gasteiger partial charge in [-0.2, -0.15) is 4.72 Å². The van der Waals surface area contributed by atoms with Crippen molar-refractivity contribution in [2.45, 2.75) is 31.2 Å². The highest BCUT2D eigenvalue weighted by atomic mass is 32.2. The van der Waals surface area contributed by atoms with Crippen molar-refractivity contribution in [2.24, 2.45) is 0 Å². The van der Waals surface area contributed by atoms with E-state index in [1.165, 1.54) is 33.1 Å². The van der Waals surface area contributed by atoms with Crippen LogP contribution in [0.15, 0.2) is 53.4 Å². The van der Waals surface area contributed by atoms with Gasteiger partial charge in [-0.05, 0) is 69.3 Å². The Labute approximate surface area is 159 Å². The number of carbonyl (C=O) groups excluding carboxylic acids is 1. The van der Waals surface area contributed by atoms with Gasteiger partial charge in [0.05, 0.1) is 18.6 Å². The lowest BCUT2D eigenvalue weighted by Gasteiger charge is -2.25. The number of anilines is 1. The van der Waals surface area contributed by atoms with Crippen molar-refractivity contribution < 1.29 is 22.7 Å². The monoisotopic (exact) mass is 392 g/mol. The molecule has 0 heterocycles. The lowest BCUT2D eigenvalue weighted by atomic mass is 10.1. The molecule has 0 atom stereocenters. The third kappa shape index (κ3) is 5.45. The fourth-order valence-electron chi connectivity index (χ4n) is 2.28. The maximum Gasteiger partial charge on any atom is 0.245 e. The van der Waals surface area contributed by atoms with E-state index in [-0.39, 0.29) is 4.90 Å². The average molecular weight is 392 g/mol. The Morgan fingerprint density at radius 1 is 1.00 bits per heavy atom. The molecule has 0 aliphatic carbocycles. The summed E-state index contributed by atoms with van der Waals surface area (Å²) in [5.41, 5.74) is -0.822. The topological polar surface area (TPSA) is 93.7 Å². The van der Waals surface area contributed by atoms with Crippen LogP contribution < -0.4 is 19.5 Å². The first-order valence-electron chi connectivity index (χ1n) is 8.40. The molecule has 0 aliphatic heterocycles. The Kier molecular flexibility index (Phi) is 6.45. The summed E-state index contributed by atoms with van der Waals surface area (Å²) in [6, 6.07) is 12.8. The number of carbonyl (C=O) groups is 1. The number of nitrogens with one attached hydrogen (secondary N) is 2. The lowest BCUT2D eigenvalue weighted by Crippen LogP contribution is -2.52. The van der Waals surface area contributed by atoms with E-state index in [0.717, 1.165) is 0 Å². The normalized spacial score (nSPS) is 11.7. The largest absolute Gasteiger partial charge is 0.497 e. The summed E-state index contributed by atoms with van der Waals surface area (Å²) in [5.74, 6) is 0.750. The molecular formula is C19H24N2O5S. The van der Waals surface area contributed by atoms with Crippen LogP contribution in [0.2, 0.25) is 0 Å². The zero-order valence-corrected chi connectivity index (χ0v) is 16.6. The molecular weight excluding hydrogens is 368 g/mol. The number of sulfonamides is 1. The number of hydrogen-bond donors (Lipinski definition) is 2. The van der Waals surface area contributed by atoms with Crippen LogP contribution in [0.5, 0.6) is 11.5 Å². The number of ether oxygens (including phenoxy) is 2.